The summed E-state index contributed by atoms with van der Waals surface area (Å²) in [6.07, 6.45) is 1.64. The molecule has 0 saturated heterocycles. The van der Waals surface area contributed by atoms with E-state index < -0.39 is 0 Å². The molecular formula is C10H9N5O2S. The highest BCUT2D eigenvalue weighted by Gasteiger charge is 2.10. The van der Waals surface area contributed by atoms with E-state index in [4.69, 9.17) is 9.63 Å². The lowest BCUT2D eigenvalue weighted by molar-refractivity contribution is 0.276. The van der Waals surface area contributed by atoms with E-state index in [1.54, 1.807) is 10.9 Å². The molecule has 0 unspecified atom stereocenters. The predicted molar refractivity (Wildman–Crippen MR) is 62.7 cm³/mol. The summed E-state index contributed by atoms with van der Waals surface area (Å²) < 4.78 is 6.70. The van der Waals surface area contributed by atoms with Crippen LogP contribution in [-0.4, -0.2) is 30.2 Å². The number of rotatable bonds is 4. The van der Waals surface area contributed by atoms with Gasteiger partial charge in [0.2, 0.25) is 0 Å². The molecule has 0 aliphatic rings. The lowest BCUT2D eigenvalue weighted by Gasteiger charge is -1.91. The Kier molecular flexibility index (Phi) is 2.87. The smallest absolute Gasteiger partial charge is 0.268 e. The van der Waals surface area contributed by atoms with Gasteiger partial charge < -0.3 is 9.63 Å². The lowest BCUT2D eigenvalue weighted by Crippen LogP contribution is -2.02. The number of nitrogens with zero attached hydrogens (tertiary/aromatic N) is 5. The zero-order chi connectivity index (χ0) is 12.4. The molecule has 3 rings (SSSR count). The van der Waals surface area contributed by atoms with Gasteiger partial charge in [-0.25, -0.2) is 4.68 Å². The number of aliphatic hydroxyl groups excluding tert-OH is 1. The Bertz CT molecular complexity index is 630. The standard InChI is InChI=1S/C10H9N5O2S/c16-6-7-4-15(14-12-7)5-9-11-10(17-13-9)8-2-1-3-18-8/h1-4,16H,5-6H2. The maximum Gasteiger partial charge on any atom is 0.268 e. The fourth-order valence-corrected chi connectivity index (χ4v) is 2.10. The quantitative estimate of drug-likeness (QED) is 0.753. The summed E-state index contributed by atoms with van der Waals surface area (Å²) in [7, 11) is 0. The van der Waals surface area contributed by atoms with Crippen molar-refractivity contribution >= 4 is 11.3 Å². The second-order valence-electron chi connectivity index (χ2n) is 3.56. The molecule has 0 amide bonds. The zero-order valence-corrected chi connectivity index (χ0v) is 10.0. The van der Waals surface area contributed by atoms with Crippen LogP contribution in [0.3, 0.4) is 0 Å². The average Bonchev–Trinajstić information content (AvgIpc) is 3.10. The van der Waals surface area contributed by atoms with Crippen LogP contribution < -0.4 is 0 Å². The molecule has 0 saturated carbocycles. The van der Waals surface area contributed by atoms with E-state index in [9.17, 15) is 0 Å². The van der Waals surface area contributed by atoms with E-state index in [0.29, 0.717) is 24.0 Å². The molecule has 0 bridgehead atoms. The monoisotopic (exact) mass is 263 g/mol. The number of hydrogen-bond donors (Lipinski definition) is 1. The molecule has 0 fully saturated rings. The third-order valence-electron chi connectivity index (χ3n) is 2.25. The molecule has 18 heavy (non-hydrogen) atoms. The molecule has 92 valence electrons. The Hall–Kier alpha value is -2.06. The summed E-state index contributed by atoms with van der Waals surface area (Å²) in [6.45, 7) is 0.231. The van der Waals surface area contributed by atoms with Gasteiger partial charge in [-0.2, -0.15) is 4.98 Å². The minimum absolute atomic E-state index is 0.132. The summed E-state index contributed by atoms with van der Waals surface area (Å²) in [5.41, 5.74) is 0.511. The molecule has 3 aromatic heterocycles. The summed E-state index contributed by atoms with van der Waals surface area (Å²) in [5.74, 6) is 1.02. The van der Waals surface area contributed by atoms with Gasteiger partial charge >= 0.3 is 0 Å². The van der Waals surface area contributed by atoms with Gasteiger partial charge in [-0.3, -0.25) is 0 Å². The fraction of sp³-hybridized carbons (Fsp3) is 0.200. The Morgan fingerprint density at radius 1 is 1.44 bits per heavy atom. The molecule has 3 heterocycles. The highest BCUT2D eigenvalue weighted by atomic mass is 32.1. The molecule has 0 atom stereocenters. The largest absolute Gasteiger partial charge is 0.390 e. The third-order valence-corrected chi connectivity index (χ3v) is 3.11. The minimum atomic E-state index is -0.132. The van der Waals surface area contributed by atoms with Crippen molar-refractivity contribution in [3.05, 3.63) is 35.2 Å². The Morgan fingerprint density at radius 3 is 3.11 bits per heavy atom. The van der Waals surface area contributed by atoms with Crippen LogP contribution in [0.1, 0.15) is 11.5 Å². The first-order chi connectivity index (χ1) is 8.85. The summed E-state index contributed by atoms with van der Waals surface area (Å²) in [4.78, 5) is 5.20. The van der Waals surface area contributed by atoms with Gasteiger partial charge in [0.25, 0.3) is 5.89 Å². The molecule has 0 aliphatic heterocycles. The number of hydrogen-bond acceptors (Lipinski definition) is 7. The van der Waals surface area contributed by atoms with E-state index in [-0.39, 0.29) is 6.61 Å². The van der Waals surface area contributed by atoms with Gasteiger partial charge in [0, 0.05) is 0 Å². The van der Waals surface area contributed by atoms with Crippen LogP contribution in [0.15, 0.2) is 28.2 Å². The number of aliphatic hydroxyl groups is 1. The van der Waals surface area contributed by atoms with Crippen LogP contribution in [0.25, 0.3) is 10.8 Å². The van der Waals surface area contributed by atoms with Crippen LogP contribution in [0, 0.1) is 0 Å². The Balaban J connectivity index is 1.77. The van der Waals surface area contributed by atoms with E-state index in [0.717, 1.165) is 4.88 Å². The molecule has 7 nitrogen and oxygen atoms in total. The summed E-state index contributed by atoms with van der Waals surface area (Å²) >= 11 is 1.54. The topological polar surface area (TPSA) is 89.9 Å². The highest BCUT2D eigenvalue weighted by molar-refractivity contribution is 7.13. The summed E-state index contributed by atoms with van der Waals surface area (Å²) in [5, 5.41) is 22.3. The average molecular weight is 263 g/mol. The predicted octanol–water partition coefficient (Wildman–Crippen LogP) is 0.930. The molecule has 0 aliphatic carbocycles. The van der Waals surface area contributed by atoms with Gasteiger partial charge in [-0.05, 0) is 11.4 Å². The molecule has 0 spiro atoms. The molecule has 0 aromatic carbocycles. The maximum atomic E-state index is 8.88. The van der Waals surface area contributed by atoms with E-state index in [1.807, 2.05) is 17.5 Å². The van der Waals surface area contributed by atoms with Crippen LogP contribution in [0.2, 0.25) is 0 Å². The van der Waals surface area contributed by atoms with E-state index >= 15 is 0 Å². The first-order valence-corrected chi connectivity index (χ1v) is 6.09. The summed E-state index contributed by atoms with van der Waals surface area (Å²) in [6, 6.07) is 3.84. The van der Waals surface area contributed by atoms with E-state index in [2.05, 4.69) is 20.5 Å². The molecular weight excluding hydrogens is 254 g/mol. The third kappa shape index (κ3) is 2.15. The number of aromatic nitrogens is 5. The lowest BCUT2D eigenvalue weighted by atomic mass is 10.5. The van der Waals surface area contributed by atoms with Crippen molar-refractivity contribution in [2.75, 3.05) is 0 Å². The molecule has 1 N–H and O–H groups in total. The van der Waals surface area contributed by atoms with Crippen molar-refractivity contribution < 1.29 is 9.63 Å². The van der Waals surface area contributed by atoms with Gasteiger partial charge in [0.05, 0.1) is 17.7 Å². The second-order valence-corrected chi connectivity index (χ2v) is 4.51. The Labute approximate surface area is 106 Å². The van der Waals surface area contributed by atoms with Gasteiger partial charge in [0.1, 0.15) is 12.2 Å². The van der Waals surface area contributed by atoms with Crippen molar-refractivity contribution in [3.63, 3.8) is 0 Å². The first-order valence-electron chi connectivity index (χ1n) is 5.21. The van der Waals surface area contributed by atoms with Crippen molar-refractivity contribution in [1.29, 1.82) is 0 Å². The van der Waals surface area contributed by atoms with Crippen molar-refractivity contribution in [2.24, 2.45) is 0 Å². The first kappa shape index (κ1) is 11.1. The second kappa shape index (κ2) is 4.67. The SMILES string of the molecule is OCc1cn(Cc2noc(-c3cccs3)n2)nn1. The normalized spacial score (nSPS) is 10.9. The van der Waals surface area contributed by atoms with Crippen molar-refractivity contribution in [2.45, 2.75) is 13.2 Å². The maximum absolute atomic E-state index is 8.88. The van der Waals surface area contributed by atoms with E-state index in [1.165, 1.54) is 11.3 Å². The molecule has 3 aromatic rings. The minimum Gasteiger partial charge on any atom is -0.390 e. The Morgan fingerprint density at radius 2 is 2.39 bits per heavy atom. The highest BCUT2D eigenvalue weighted by Crippen LogP contribution is 2.22. The van der Waals surface area contributed by atoms with Gasteiger partial charge in [-0.1, -0.05) is 16.4 Å². The van der Waals surface area contributed by atoms with Crippen LogP contribution in [0.5, 0.6) is 0 Å². The van der Waals surface area contributed by atoms with Crippen LogP contribution in [-0.2, 0) is 13.2 Å². The van der Waals surface area contributed by atoms with Gasteiger partial charge in [-0.15, -0.1) is 16.4 Å². The van der Waals surface area contributed by atoms with Crippen molar-refractivity contribution in [3.8, 4) is 10.8 Å². The van der Waals surface area contributed by atoms with Crippen LogP contribution in [0.4, 0.5) is 0 Å². The fourth-order valence-electron chi connectivity index (χ4n) is 1.45. The molecule has 8 heteroatoms. The van der Waals surface area contributed by atoms with Crippen molar-refractivity contribution in [1.82, 2.24) is 25.1 Å². The van der Waals surface area contributed by atoms with Gasteiger partial charge in [0.15, 0.2) is 5.82 Å². The molecule has 0 radical (unpaired) electrons. The van der Waals surface area contributed by atoms with Crippen LogP contribution >= 0.6 is 11.3 Å². The number of thiophene rings is 1. The zero-order valence-electron chi connectivity index (χ0n) is 9.22.